The van der Waals surface area contributed by atoms with E-state index in [0.717, 1.165) is 37.3 Å². The topological polar surface area (TPSA) is 71.1 Å². The first-order chi connectivity index (χ1) is 10.8. The molecule has 0 saturated carbocycles. The van der Waals surface area contributed by atoms with Crippen molar-refractivity contribution in [2.24, 2.45) is 5.92 Å². The summed E-state index contributed by atoms with van der Waals surface area (Å²) in [6.07, 6.45) is 5.62. The van der Waals surface area contributed by atoms with Crippen LogP contribution in [0, 0.1) is 5.92 Å². The van der Waals surface area contributed by atoms with Crippen LogP contribution in [0.25, 0.3) is 11.4 Å². The number of nitrogens with zero attached hydrogens (tertiary/aromatic N) is 3. The van der Waals surface area contributed by atoms with Gasteiger partial charge in [0.15, 0.2) is 0 Å². The molecule has 0 spiro atoms. The molecular weight excluding hydrogens is 280 g/mol. The van der Waals surface area contributed by atoms with E-state index in [9.17, 15) is 4.79 Å². The predicted molar refractivity (Wildman–Crippen MR) is 82.1 cm³/mol. The van der Waals surface area contributed by atoms with Gasteiger partial charge in [-0.05, 0) is 36.5 Å². The van der Waals surface area contributed by atoms with Gasteiger partial charge in [0.05, 0.1) is 11.4 Å². The molecule has 2 aromatic heterocycles. The Labute approximate surface area is 129 Å². The van der Waals surface area contributed by atoms with E-state index in [1.54, 1.807) is 13.3 Å². The lowest BCUT2D eigenvalue weighted by atomic mass is 10.00. The number of hydrogen-bond acceptors (Lipinski definition) is 4. The fourth-order valence-electron chi connectivity index (χ4n) is 2.88. The van der Waals surface area contributed by atoms with Crippen LogP contribution in [-0.2, 0) is 16.0 Å². The van der Waals surface area contributed by atoms with Crippen molar-refractivity contribution in [1.29, 1.82) is 0 Å². The zero-order valence-corrected chi connectivity index (χ0v) is 12.7. The normalized spacial score (nSPS) is 17.9. The monoisotopic (exact) mass is 300 g/mol. The van der Waals surface area contributed by atoms with Gasteiger partial charge in [0.25, 0.3) is 0 Å². The summed E-state index contributed by atoms with van der Waals surface area (Å²) in [4.78, 5) is 18.2. The van der Waals surface area contributed by atoms with Gasteiger partial charge >= 0.3 is 0 Å². The van der Waals surface area contributed by atoms with Gasteiger partial charge in [-0.1, -0.05) is 6.07 Å². The third kappa shape index (κ3) is 3.33. The molecule has 1 unspecified atom stereocenters. The summed E-state index contributed by atoms with van der Waals surface area (Å²) in [5.41, 5.74) is 3.02. The third-order valence-corrected chi connectivity index (χ3v) is 4.03. The second kappa shape index (κ2) is 6.70. The molecule has 0 radical (unpaired) electrons. The molecule has 2 aromatic rings. The number of amides is 1. The summed E-state index contributed by atoms with van der Waals surface area (Å²) in [7, 11) is 1.55. The molecule has 6 nitrogen and oxygen atoms in total. The Morgan fingerprint density at radius 3 is 3.05 bits per heavy atom. The van der Waals surface area contributed by atoms with E-state index >= 15 is 0 Å². The van der Waals surface area contributed by atoms with Gasteiger partial charge in [-0.3, -0.25) is 14.9 Å². The second-order valence-electron chi connectivity index (χ2n) is 5.65. The summed E-state index contributed by atoms with van der Waals surface area (Å²) < 4.78 is 4.91. The van der Waals surface area contributed by atoms with E-state index in [1.807, 2.05) is 23.2 Å². The average Bonchev–Trinajstić information content (AvgIpc) is 3.19. The molecule has 0 bridgehead atoms. The number of aromatic nitrogens is 3. The van der Waals surface area contributed by atoms with Crippen LogP contribution in [0.2, 0.25) is 0 Å². The highest BCUT2D eigenvalue weighted by Gasteiger charge is 2.26. The quantitative estimate of drug-likeness (QED) is 0.908. The number of rotatable bonds is 5. The van der Waals surface area contributed by atoms with Crippen molar-refractivity contribution in [1.82, 2.24) is 20.1 Å². The van der Waals surface area contributed by atoms with Crippen LogP contribution >= 0.6 is 0 Å². The van der Waals surface area contributed by atoms with Crippen LogP contribution in [0.1, 0.15) is 12.0 Å². The first-order valence-electron chi connectivity index (χ1n) is 7.47. The number of carbonyl (C=O) groups is 1. The first-order valence-corrected chi connectivity index (χ1v) is 7.47. The smallest absolute Gasteiger partial charge is 0.248 e. The molecule has 22 heavy (non-hydrogen) atoms. The summed E-state index contributed by atoms with van der Waals surface area (Å²) in [5, 5.41) is 6.84. The summed E-state index contributed by atoms with van der Waals surface area (Å²) in [6, 6.07) is 6.01. The minimum atomic E-state index is 0.0812. The molecule has 3 rings (SSSR count). The maximum atomic E-state index is 11.8. The third-order valence-electron chi connectivity index (χ3n) is 4.03. The standard InChI is InChI=1S/C16H20N4O2/c1-22-11-16(21)20-7-5-13(10-20)8-12-2-3-14(17-9-12)15-4-6-18-19-15/h2-4,6,9,13H,5,7-8,10-11H2,1H3,(H,18,19). The number of aromatic amines is 1. The molecule has 1 saturated heterocycles. The fourth-order valence-corrected chi connectivity index (χ4v) is 2.88. The van der Waals surface area contributed by atoms with E-state index in [0.29, 0.717) is 5.92 Å². The van der Waals surface area contributed by atoms with Gasteiger partial charge < -0.3 is 9.64 Å². The molecule has 0 aromatic carbocycles. The average molecular weight is 300 g/mol. The highest BCUT2D eigenvalue weighted by Crippen LogP contribution is 2.22. The van der Waals surface area contributed by atoms with Crippen molar-refractivity contribution in [2.45, 2.75) is 12.8 Å². The summed E-state index contributed by atoms with van der Waals surface area (Å²) in [6.45, 7) is 1.81. The van der Waals surface area contributed by atoms with Crippen molar-refractivity contribution in [3.8, 4) is 11.4 Å². The van der Waals surface area contributed by atoms with Gasteiger partial charge in [-0.2, -0.15) is 5.10 Å². The molecule has 1 atom stereocenters. The number of nitrogens with one attached hydrogen (secondary N) is 1. The second-order valence-corrected chi connectivity index (χ2v) is 5.65. The van der Waals surface area contributed by atoms with E-state index in [2.05, 4.69) is 21.2 Å². The number of H-pyrrole nitrogens is 1. The summed E-state index contributed by atoms with van der Waals surface area (Å²) in [5.74, 6) is 0.582. The molecule has 3 heterocycles. The first kappa shape index (κ1) is 14.7. The van der Waals surface area contributed by atoms with Crippen molar-refractivity contribution in [2.75, 3.05) is 26.8 Å². The lowest BCUT2D eigenvalue weighted by Crippen LogP contribution is -2.31. The minimum Gasteiger partial charge on any atom is -0.375 e. The molecule has 1 amide bonds. The van der Waals surface area contributed by atoms with Crippen molar-refractivity contribution < 1.29 is 9.53 Å². The van der Waals surface area contributed by atoms with Gasteiger partial charge in [-0.25, -0.2) is 0 Å². The van der Waals surface area contributed by atoms with E-state index < -0.39 is 0 Å². The van der Waals surface area contributed by atoms with Crippen molar-refractivity contribution in [3.05, 3.63) is 36.2 Å². The Balaban J connectivity index is 1.57. The molecular formula is C16H20N4O2. The van der Waals surface area contributed by atoms with Gasteiger partial charge in [0.1, 0.15) is 6.61 Å². The Morgan fingerprint density at radius 2 is 2.36 bits per heavy atom. The highest BCUT2D eigenvalue weighted by molar-refractivity contribution is 5.77. The zero-order chi connectivity index (χ0) is 15.4. The number of hydrogen-bond donors (Lipinski definition) is 1. The Morgan fingerprint density at radius 1 is 1.45 bits per heavy atom. The Hall–Kier alpha value is -2.21. The van der Waals surface area contributed by atoms with Crippen LogP contribution in [0.4, 0.5) is 0 Å². The summed E-state index contributed by atoms with van der Waals surface area (Å²) >= 11 is 0. The SMILES string of the molecule is COCC(=O)N1CCC(Cc2ccc(-c3ccn[nH]3)nc2)C1. The number of methoxy groups -OCH3 is 1. The molecule has 0 aliphatic carbocycles. The molecule has 1 fully saturated rings. The van der Waals surface area contributed by atoms with E-state index in [4.69, 9.17) is 4.74 Å². The molecule has 1 N–H and O–H groups in total. The number of likely N-dealkylation sites (tertiary alicyclic amines) is 1. The maximum absolute atomic E-state index is 11.8. The van der Waals surface area contributed by atoms with Gasteiger partial charge in [-0.15, -0.1) is 0 Å². The van der Waals surface area contributed by atoms with Crippen LogP contribution in [0.5, 0.6) is 0 Å². The predicted octanol–water partition coefficient (Wildman–Crippen LogP) is 1.51. The largest absolute Gasteiger partial charge is 0.375 e. The minimum absolute atomic E-state index is 0.0812. The molecule has 6 heteroatoms. The van der Waals surface area contributed by atoms with Crippen molar-refractivity contribution in [3.63, 3.8) is 0 Å². The van der Waals surface area contributed by atoms with Gasteiger partial charge in [0.2, 0.25) is 5.91 Å². The van der Waals surface area contributed by atoms with Crippen LogP contribution in [0.3, 0.4) is 0 Å². The number of pyridine rings is 1. The fraction of sp³-hybridized carbons (Fsp3) is 0.438. The van der Waals surface area contributed by atoms with Gasteiger partial charge in [0, 0.05) is 32.6 Å². The number of ether oxygens (including phenoxy) is 1. The lowest BCUT2D eigenvalue weighted by Gasteiger charge is -2.16. The molecule has 1 aliphatic heterocycles. The lowest BCUT2D eigenvalue weighted by molar-refractivity contribution is -0.134. The molecule has 116 valence electrons. The Bertz CT molecular complexity index is 610. The van der Waals surface area contributed by atoms with E-state index in [1.165, 1.54) is 5.56 Å². The van der Waals surface area contributed by atoms with Crippen LogP contribution in [0.15, 0.2) is 30.6 Å². The maximum Gasteiger partial charge on any atom is 0.248 e. The Kier molecular flexibility index (Phi) is 4.48. The highest BCUT2D eigenvalue weighted by atomic mass is 16.5. The van der Waals surface area contributed by atoms with E-state index in [-0.39, 0.29) is 12.5 Å². The molecule has 1 aliphatic rings. The zero-order valence-electron chi connectivity index (χ0n) is 12.7. The van der Waals surface area contributed by atoms with Crippen LogP contribution in [-0.4, -0.2) is 52.8 Å². The number of carbonyl (C=O) groups excluding carboxylic acids is 1. The van der Waals surface area contributed by atoms with Crippen molar-refractivity contribution >= 4 is 5.91 Å². The van der Waals surface area contributed by atoms with Crippen LogP contribution < -0.4 is 0 Å².